The Balaban J connectivity index is 2.52. The lowest BCUT2D eigenvalue weighted by molar-refractivity contribution is -0.115. The number of fused-ring (bicyclic) bond motifs is 1. The number of rotatable bonds is 0. The van der Waals surface area contributed by atoms with Gasteiger partial charge in [-0.1, -0.05) is 0 Å². The van der Waals surface area contributed by atoms with Gasteiger partial charge in [0, 0.05) is 11.9 Å². The molecule has 0 unspecified atom stereocenters. The fourth-order valence-corrected chi connectivity index (χ4v) is 1.12. The number of allylic oxidation sites excluding steroid dienone is 1. The second kappa shape index (κ2) is 1.84. The summed E-state index contributed by atoms with van der Waals surface area (Å²) in [6.45, 7) is 0.499. The Morgan fingerprint density at radius 3 is 3.20 bits per heavy atom. The van der Waals surface area contributed by atoms with Gasteiger partial charge in [0.25, 0.3) is 0 Å². The second-order valence-electron chi connectivity index (χ2n) is 2.36. The lowest BCUT2D eigenvalue weighted by Gasteiger charge is -2.06. The van der Waals surface area contributed by atoms with E-state index in [0.717, 1.165) is 5.69 Å². The van der Waals surface area contributed by atoms with E-state index >= 15 is 0 Å². The fourth-order valence-electron chi connectivity index (χ4n) is 1.12. The van der Waals surface area contributed by atoms with Gasteiger partial charge in [0.1, 0.15) is 0 Å². The second-order valence-corrected chi connectivity index (χ2v) is 2.36. The van der Waals surface area contributed by atoms with Crippen molar-refractivity contribution in [3.8, 4) is 0 Å². The van der Waals surface area contributed by atoms with Gasteiger partial charge >= 0.3 is 0 Å². The van der Waals surface area contributed by atoms with Gasteiger partial charge in [-0.2, -0.15) is 0 Å². The van der Waals surface area contributed by atoms with Crippen molar-refractivity contribution in [2.75, 3.05) is 0 Å². The largest absolute Gasteiger partial charge is 0.340 e. The van der Waals surface area contributed by atoms with E-state index in [4.69, 9.17) is 0 Å². The zero-order chi connectivity index (χ0) is 6.97. The highest BCUT2D eigenvalue weighted by atomic mass is 16.1. The van der Waals surface area contributed by atoms with Crippen LogP contribution in [0.25, 0.3) is 6.08 Å². The molecule has 2 nitrogen and oxygen atoms in total. The Morgan fingerprint density at radius 1 is 1.40 bits per heavy atom. The topological polar surface area (TPSA) is 22.0 Å². The molecule has 0 saturated heterocycles. The van der Waals surface area contributed by atoms with Crippen molar-refractivity contribution in [3.63, 3.8) is 0 Å². The summed E-state index contributed by atoms with van der Waals surface area (Å²) in [7, 11) is 0. The highest BCUT2D eigenvalue weighted by Crippen LogP contribution is 2.09. The molecule has 1 aliphatic heterocycles. The Labute approximate surface area is 58.8 Å². The van der Waals surface area contributed by atoms with Gasteiger partial charge in [0.15, 0.2) is 5.78 Å². The number of nitrogens with zero attached hydrogens (tertiary/aromatic N) is 1. The number of ketones is 1. The zero-order valence-corrected chi connectivity index (χ0v) is 5.45. The van der Waals surface area contributed by atoms with Crippen molar-refractivity contribution in [1.82, 2.24) is 4.57 Å². The van der Waals surface area contributed by atoms with Crippen LogP contribution in [0.2, 0.25) is 0 Å². The summed E-state index contributed by atoms with van der Waals surface area (Å²) in [5.74, 6) is 0.170. The van der Waals surface area contributed by atoms with Crippen molar-refractivity contribution in [2.24, 2.45) is 0 Å². The highest BCUT2D eigenvalue weighted by molar-refractivity contribution is 5.95. The first kappa shape index (κ1) is 5.47. The van der Waals surface area contributed by atoms with Crippen LogP contribution in [-0.2, 0) is 11.3 Å². The molecule has 2 heteroatoms. The van der Waals surface area contributed by atoms with E-state index < -0.39 is 0 Å². The first-order valence-corrected chi connectivity index (χ1v) is 3.22. The van der Waals surface area contributed by atoms with Crippen LogP contribution < -0.4 is 0 Å². The van der Waals surface area contributed by atoms with Crippen molar-refractivity contribution < 1.29 is 4.79 Å². The average molecular weight is 133 g/mol. The maximum atomic E-state index is 10.8. The van der Waals surface area contributed by atoms with Gasteiger partial charge in [0.2, 0.25) is 0 Å². The van der Waals surface area contributed by atoms with Crippen molar-refractivity contribution >= 4 is 11.9 Å². The van der Waals surface area contributed by atoms with Crippen LogP contribution in [0, 0.1) is 0 Å². The number of aromatic nitrogens is 1. The molecule has 0 aliphatic carbocycles. The molecule has 0 N–H and O–H groups in total. The van der Waals surface area contributed by atoms with Crippen molar-refractivity contribution in [2.45, 2.75) is 6.54 Å². The molecule has 1 aliphatic rings. The molecule has 0 aromatic carbocycles. The van der Waals surface area contributed by atoms with E-state index in [9.17, 15) is 4.79 Å². The average Bonchev–Trinajstić information content (AvgIpc) is 2.33. The molecule has 1 aromatic rings. The molecular weight excluding hydrogens is 126 g/mol. The van der Waals surface area contributed by atoms with Gasteiger partial charge in [-0.15, -0.1) is 0 Å². The number of carbonyl (C=O) groups excluding carboxylic acids is 1. The molecule has 1 aromatic heterocycles. The van der Waals surface area contributed by atoms with E-state index in [1.54, 1.807) is 6.08 Å². The molecule has 0 radical (unpaired) electrons. The number of hydrogen-bond donors (Lipinski definition) is 0. The summed E-state index contributed by atoms with van der Waals surface area (Å²) < 4.78 is 1.93. The third-order valence-corrected chi connectivity index (χ3v) is 1.63. The van der Waals surface area contributed by atoms with Crippen molar-refractivity contribution in [1.29, 1.82) is 0 Å². The third kappa shape index (κ3) is 0.692. The predicted octanol–water partition coefficient (Wildman–Crippen LogP) is 1.08. The number of hydrogen-bond acceptors (Lipinski definition) is 1. The zero-order valence-electron chi connectivity index (χ0n) is 5.45. The summed E-state index contributed by atoms with van der Waals surface area (Å²) in [6.07, 6.45) is 5.37. The monoisotopic (exact) mass is 133 g/mol. The first-order valence-electron chi connectivity index (χ1n) is 3.22. The molecule has 50 valence electrons. The fraction of sp³-hybridized carbons (Fsp3) is 0.125. The molecule has 10 heavy (non-hydrogen) atoms. The lowest BCUT2D eigenvalue weighted by Crippen LogP contribution is -2.11. The summed E-state index contributed by atoms with van der Waals surface area (Å²) >= 11 is 0. The molecule has 0 fully saturated rings. The molecule has 0 spiro atoms. The van der Waals surface area contributed by atoms with Gasteiger partial charge in [0.05, 0.1) is 6.54 Å². The maximum Gasteiger partial charge on any atom is 0.175 e. The maximum absolute atomic E-state index is 10.8. The third-order valence-electron chi connectivity index (χ3n) is 1.63. The van der Waals surface area contributed by atoms with Crippen molar-refractivity contribution in [3.05, 3.63) is 30.1 Å². The van der Waals surface area contributed by atoms with E-state index in [1.807, 2.05) is 29.0 Å². The van der Waals surface area contributed by atoms with Gasteiger partial charge in [-0.25, -0.2) is 0 Å². The van der Waals surface area contributed by atoms with Crippen LogP contribution in [-0.4, -0.2) is 10.4 Å². The normalized spacial score (nSPS) is 15.4. The quantitative estimate of drug-likeness (QED) is 0.519. The van der Waals surface area contributed by atoms with Crippen LogP contribution in [0.5, 0.6) is 0 Å². The summed E-state index contributed by atoms with van der Waals surface area (Å²) in [5.41, 5.74) is 1.11. The summed E-state index contributed by atoms with van der Waals surface area (Å²) in [6, 6.07) is 3.93. The minimum atomic E-state index is 0.170. The van der Waals surface area contributed by atoms with Gasteiger partial charge in [-0.05, 0) is 24.3 Å². The summed E-state index contributed by atoms with van der Waals surface area (Å²) in [4.78, 5) is 10.8. The standard InChI is InChI=1S/C8H7NO/c10-8-4-3-7-2-1-5-9(7)6-8/h1-5H,6H2. The molecule has 0 atom stereocenters. The van der Waals surface area contributed by atoms with E-state index in [2.05, 4.69) is 0 Å². The smallest absolute Gasteiger partial charge is 0.175 e. The molecule has 0 amide bonds. The molecule has 2 heterocycles. The summed E-state index contributed by atoms with van der Waals surface area (Å²) in [5, 5.41) is 0. The van der Waals surface area contributed by atoms with Gasteiger partial charge < -0.3 is 4.57 Å². The predicted molar refractivity (Wildman–Crippen MR) is 38.5 cm³/mol. The first-order chi connectivity index (χ1) is 4.86. The molecule has 0 bridgehead atoms. The minimum Gasteiger partial charge on any atom is -0.340 e. The Morgan fingerprint density at radius 2 is 2.30 bits per heavy atom. The Bertz CT molecular complexity index is 296. The van der Waals surface area contributed by atoms with Crippen LogP contribution >= 0.6 is 0 Å². The van der Waals surface area contributed by atoms with E-state index in [0.29, 0.717) is 6.54 Å². The Hall–Kier alpha value is -1.31. The number of carbonyl (C=O) groups is 1. The van der Waals surface area contributed by atoms with E-state index in [1.165, 1.54) is 0 Å². The van der Waals surface area contributed by atoms with Crippen LogP contribution in [0.15, 0.2) is 24.4 Å². The van der Waals surface area contributed by atoms with Gasteiger partial charge in [-0.3, -0.25) is 4.79 Å². The van der Waals surface area contributed by atoms with E-state index in [-0.39, 0.29) is 5.78 Å². The Kier molecular flexibility index (Phi) is 1.01. The molecule has 0 saturated carbocycles. The van der Waals surface area contributed by atoms with Crippen LogP contribution in [0.4, 0.5) is 0 Å². The van der Waals surface area contributed by atoms with Crippen LogP contribution in [0.1, 0.15) is 5.69 Å². The minimum absolute atomic E-state index is 0.170. The lowest BCUT2D eigenvalue weighted by atomic mass is 10.2. The van der Waals surface area contributed by atoms with Crippen LogP contribution in [0.3, 0.4) is 0 Å². The SMILES string of the molecule is O=C1C=Cc2cccn2C1. The highest BCUT2D eigenvalue weighted by Gasteiger charge is 2.06. The molecule has 2 rings (SSSR count). The molecular formula is C8H7NO.